The first-order valence-electron chi connectivity index (χ1n) is 15.7. The Labute approximate surface area is 270 Å². The summed E-state index contributed by atoms with van der Waals surface area (Å²) in [6.07, 6.45) is 3.00. The van der Waals surface area contributed by atoms with Gasteiger partial charge >= 0.3 is 5.97 Å². The van der Waals surface area contributed by atoms with Gasteiger partial charge in [-0.3, -0.25) is 4.98 Å². The molecule has 2 aromatic carbocycles. The van der Waals surface area contributed by atoms with Gasteiger partial charge in [-0.15, -0.1) is 11.3 Å². The molecule has 5 rings (SSSR count). The monoisotopic (exact) mass is 629 g/mol. The number of pyridine rings is 1. The Morgan fingerprint density at radius 1 is 0.978 bits per heavy atom. The molecule has 0 N–H and O–H groups in total. The van der Waals surface area contributed by atoms with Crippen LogP contribution in [0.4, 0.5) is 10.1 Å². The number of carbonyl (C=O) groups is 1. The second-order valence-corrected chi connectivity index (χ2v) is 14.6. The van der Waals surface area contributed by atoms with E-state index in [1.54, 1.807) is 23.5 Å². The molecule has 0 unspecified atom stereocenters. The number of nitrogens with zero attached hydrogens (tertiary/aromatic N) is 3. The second kappa shape index (κ2) is 13.0. The maximum Gasteiger partial charge on any atom is 0.340 e. The standard InChI is InChI=1S/C37H44FN3O3S/c1-9-43-35(42)33(44-36(4,5)6)31-24(3)40-23(2)30(32(31)41-20-18-37(7,8)19-21-41)26-10-12-27(13-11-26)34-39-22-29(45-34)25-14-16-28(38)17-15-25/h10-17,22,33H,9,18-21H2,1-8H3/t33-/m0/s1. The molecule has 6 nitrogen and oxygen atoms in total. The van der Waals surface area contributed by atoms with E-state index in [0.29, 0.717) is 0 Å². The third kappa shape index (κ3) is 7.45. The van der Waals surface area contributed by atoms with Crippen molar-refractivity contribution < 1.29 is 18.7 Å². The largest absolute Gasteiger partial charge is 0.464 e. The number of aromatic nitrogens is 2. The molecule has 238 valence electrons. The van der Waals surface area contributed by atoms with Crippen LogP contribution in [0.15, 0.2) is 54.7 Å². The van der Waals surface area contributed by atoms with E-state index in [0.717, 1.165) is 80.7 Å². The molecule has 0 aliphatic carbocycles. The van der Waals surface area contributed by atoms with E-state index in [-0.39, 0.29) is 17.8 Å². The lowest BCUT2D eigenvalue weighted by atomic mass is 9.81. The Bertz CT molecular complexity index is 1650. The van der Waals surface area contributed by atoms with Gasteiger partial charge in [0.15, 0.2) is 6.10 Å². The summed E-state index contributed by atoms with van der Waals surface area (Å²) < 4.78 is 25.5. The highest BCUT2D eigenvalue weighted by Gasteiger charge is 2.37. The topological polar surface area (TPSA) is 64.5 Å². The normalized spacial score (nSPS) is 15.6. The molecular weight excluding hydrogens is 585 g/mol. The Morgan fingerprint density at radius 2 is 1.58 bits per heavy atom. The zero-order chi connectivity index (χ0) is 32.5. The lowest BCUT2D eigenvalue weighted by molar-refractivity contribution is -0.166. The number of hydrogen-bond acceptors (Lipinski definition) is 7. The van der Waals surface area contributed by atoms with Crippen molar-refractivity contribution in [2.45, 2.75) is 79.9 Å². The molecule has 1 aliphatic heterocycles. The predicted molar refractivity (Wildman–Crippen MR) is 181 cm³/mol. The fourth-order valence-electron chi connectivity index (χ4n) is 5.90. The van der Waals surface area contributed by atoms with Crippen LogP contribution in [0.3, 0.4) is 0 Å². The minimum Gasteiger partial charge on any atom is -0.464 e. The first-order chi connectivity index (χ1) is 21.3. The second-order valence-electron chi connectivity index (χ2n) is 13.5. The first-order valence-corrected chi connectivity index (χ1v) is 16.5. The number of carbonyl (C=O) groups excluding carboxylic acids is 1. The Balaban J connectivity index is 1.61. The zero-order valence-electron chi connectivity index (χ0n) is 27.7. The summed E-state index contributed by atoms with van der Waals surface area (Å²) in [5.41, 5.74) is 7.05. The van der Waals surface area contributed by atoms with E-state index in [9.17, 15) is 9.18 Å². The van der Waals surface area contributed by atoms with Crippen molar-refractivity contribution in [3.8, 4) is 32.1 Å². The molecule has 2 aromatic heterocycles. The smallest absolute Gasteiger partial charge is 0.340 e. The molecular formula is C37H44FN3O3S. The van der Waals surface area contributed by atoms with Crippen molar-refractivity contribution in [3.05, 3.63) is 77.5 Å². The van der Waals surface area contributed by atoms with E-state index in [2.05, 4.69) is 48.0 Å². The Hall–Kier alpha value is -3.62. The van der Waals surface area contributed by atoms with E-state index >= 15 is 0 Å². The van der Waals surface area contributed by atoms with Gasteiger partial charge in [0, 0.05) is 47.4 Å². The number of piperidine rings is 1. The van der Waals surface area contributed by atoms with Crippen molar-refractivity contribution in [1.29, 1.82) is 0 Å². The van der Waals surface area contributed by atoms with Crippen molar-refractivity contribution >= 4 is 23.0 Å². The molecule has 1 fully saturated rings. The van der Waals surface area contributed by atoms with E-state index in [4.69, 9.17) is 14.5 Å². The molecule has 0 spiro atoms. The Morgan fingerprint density at radius 3 is 2.18 bits per heavy atom. The average molecular weight is 630 g/mol. The molecule has 1 atom stereocenters. The highest BCUT2D eigenvalue weighted by molar-refractivity contribution is 7.18. The highest BCUT2D eigenvalue weighted by atomic mass is 32.1. The highest BCUT2D eigenvalue weighted by Crippen LogP contribution is 2.45. The number of esters is 1. The third-order valence-corrected chi connectivity index (χ3v) is 9.40. The summed E-state index contributed by atoms with van der Waals surface area (Å²) in [6, 6.07) is 14.9. The van der Waals surface area contributed by atoms with Crippen LogP contribution in [0.25, 0.3) is 32.1 Å². The van der Waals surface area contributed by atoms with Gasteiger partial charge in [-0.1, -0.05) is 50.2 Å². The molecule has 1 aliphatic rings. The van der Waals surface area contributed by atoms with Crippen molar-refractivity contribution in [2.24, 2.45) is 5.41 Å². The van der Waals surface area contributed by atoms with Gasteiger partial charge in [0.25, 0.3) is 0 Å². The molecule has 0 radical (unpaired) electrons. The maximum absolute atomic E-state index is 13.5. The zero-order valence-corrected chi connectivity index (χ0v) is 28.5. The number of aryl methyl sites for hydroxylation is 2. The number of anilines is 1. The van der Waals surface area contributed by atoms with Crippen LogP contribution < -0.4 is 4.90 Å². The van der Waals surface area contributed by atoms with Crippen LogP contribution in [0.2, 0.25) is 0 Å². The first kappa shape index (κ1) is 32.8. The summed E-state index contributed by atoms with van der Waals surface area (Å²) >= 11 is 1.57. The van der Waals surface area contributed by atoms with Gasteiger partial charge in [-0.2, -0.15) is 0 Å². The van der Waals surface area contributed by atoms with Crippen LogP contribution in [0.5, 0.6) is 0 Å². The minimum atomic E-state index is -0.916. The SMILES string of the molecule is CCOC(=O)[C@@H](OC(C)(C)C)c1c(C)nc(C)c(-c2ccc(-c3ncc(-c4ccc(F)cc4)s3)cc2)c1N1CCC(C)(C)CC1. The van der Waals surface area contributed by atoms with E-state index < -0.39 is 17.7 Å². The van der Waals surface area contributed by atoms with Gasteiger partial charge < -0.3 is 14.4 Å². The lowest BCUT2D eigenvalue weighted by Gasteiger charge is -2.41. The van der Waals surface area contributed by atoms with Gasteiger partial charge in [0.2, 0.25) is 0 Å². The van der Waals surface area contributed by atoms with Gasteiger partial charge in [-0.25, -0.2) is 14.2 Å². The molecule has 3 heterocycles. The van der Waals surface area contributed by atoms with Crippen LogP contribution >= 0.6 is 11.3 Å². The summed E-state index contributed by atoms with van der Waals surface area (Å²) in [5.74, 6) is -0.656. The summed E-state index contributed by atoms with van der Waals surface area (Å²) in [4.78, 5) is 26.6. The summed E-state index contributed by atoms with van der Waals surface area (Å²) in [6.45, 7) is 18.3. The number of ether oxygens (including phenoxy) is 2. The van der Waals surface area contributed by atoms with Crippen molar-refractivity contribution in [1.82, 2.24) is 9.97 Å². The molecule has 1 saturated heterocycles. The molecule has 0 amide bonds. The molecule has 4 aromatic rings. The van der Waals surface area contributed by atoms with E-state index in [1.165, 1.54) is 12.1 Å². The third-order valence-electron chi connectivity index (χ3n) is 8.30. The summed E-state index contributed by atoms with van der Waals surface area (Å²) in [5, 5.41) is 0.889. The summed E-state index contributed by atoms with van der Waals surface area (Å²) in [7, 11) is 0. The average Bonchev–Trinajstić information content (AvgIpc) is 3.47. The number of halogens is 1. The fraction of sp³-hybridized carbons (Fsp3) is 0.432. The van der Waals surface area contributed by atoms with Crippen LogP contribution in [0.1, 0.15) is 77.4 Å². The van der Waals surface area contributed by atoms with Gasteiger partial charge in [0.05, 0.1) is 22.8 Å². The van der Waals surface area contributed by atoms with Crippen molar-refractivity contribution in [2.75, 3.05) is 24.6 Å². The van der Waals surface area contributed by atoms with E-state index in [1.807, 2.05) is 47.7 Å². The molecule has 0 bridgehead atoms. The quantitative estimate of drug-likeness (QED) is 0.181. The maximum atomic E-state index is 13.5. The molecule has 8 heteroatoms. The predicted octanol–water partition coefficient (Wildman–Crippen LogP) is 9.34. The van der Waals surface area contributed by atoms with Crippen LogP contribution in [0, 0.1) is 25.1 Å². The number of hydrogen-bond donors (Lipinski definition) is 0. The minimum absolute atomic E-state index is 0.249. The lowest BCUT2D eigenvalue weighted by Crippen LogP contribution is -2.39. The number of rotatable bonds is 8. The molecule has 0 saturated carbocycles. The van der Waals surface area contributed by atoms with Crippen LogP contribution in [-0.4, -0.2) is 41.2 Å². The number of benzene rings is 2. The van der Waals surface area contributed by atoms with Gasteiger partial charge in [0.1, 0.15) is 10.8 Å². The van der Waals surface area contributed by atoms with Crippen molar-refractivity contribution in [3.63, 3.8) is 0 Å². The fourth-order valence-corrected chi connectivity index (χ4v) is 6.83. The number of thiazole rings is 1. The Kier molecular flexibility index (Phi) is 9.47. The van der Waals surface area contributed by atoms with Crippen LogP contribution in [-0.2, 0) is 14.3 Å². The van der Waals surface area contributed by atoms with Gasteiger partial charge in [-0.05, 0) is 83.1 Å². The molecule has 45 heavy (non-hydrogen) atoms.